The van der Waals surface area contributed by atoms with Gasteiger partial charge in [-0.3, -0.25) is 14.9 Å². The van der Waals surface area contributed by atoms with Gasteiger partial charge in [-0.15, -0.1) is 0 Å². The molecule has 2 aromatic heterocycles. The van der Waals surface area contributed by atoms with Crippen molar-refractivity contribution in [1.29, 1.82) is 0 Å². The van der Waals surface area contributed by atoms with Gasteiger partial charge in [-0.2, -0.15) is 0 Å². The number of imidazole rings is 1. The SMILES string of the molecule is CN(CCCn1ccnc1)c1cc2nc[nH]c(=O)c2cc1[N+](=O)[O-]. The number of benzene rings is 1. The highest BCUT2D eigenvalue weighted by Crippen LogP contribution is 2.30. The van der Waals surface area contributed by atoms with Gasteiger partial charge in [-0.05, 0) is 12.5 Å². The molecule has 0 atom stereocenters. The van der Waals surface area contributed by atoms with E-state index in [4.69, 9.17) is 0 Å². The van der Waals surface area contributed by atoms with Crippen molar-refractivity contribution >= 4 is 22.3 Å². The second-order valence-electron chi connectivity index (χ2n) is 5.42. The number of nitro groups is 1. The van der Waals surface area contributed by atoms with Crippen LogP contribution in [-0.2, 0) is 6.54 Å². The summed E-state index contributed by atoms with van der Waals surface area (Å²) in [6.07, 6.45) is 7.40. The van der Waals surface area contributed by atoms with Crippen LogP contribution in [-0.4, -0.2) is 38.0 Å². The number of anilines is 1. The Morgan fingerprint density at radius 2 is 2.25 bits per heavy atom. The number of nitro benzene ring substituents is 1. The highest BCUT2D eigenvalue weighted by Gasteiger charge is 2.20. The predicted octanol–water partition coefficient (Wildman–Crippen LogP) is 1.55. The van der Waals surface area contributed by atoms with E-state index >= 15 is 0 Å². The Bertz CT molecular complexity index is 919. The Kier molecular flexibility index (Phi) is 4.23. The highest BCUT2D eigenvalue weighted by molar-refractivity contribution is 5.86. The third-order valence-electron chi connectivity index (χ3n) is 3.81. The first-order valence-corrected chi connectivity index (χ1v) is 7.39. The number of fused-ring (bicyclic) bond motifs is 1. The number of aromatic amines is 1. The Hall–Kier alpha value is -3.23. The minimum absolute atomic E-state index is 0.105. The molecule has 0 bridgehead atoms. The highest BCUT2D eigenvalue weighted by atomic mass is 16.6. The number of aryl methyl sites for hydroxylation is 1. The minimum atomic E-state index is -0.479. The van der Waals surface area contributed by atoms with Crippen LogP contribution in [0.5, 0.6) is 0 Å². The first-order valence-electron chi connectivity index (χ1n) is 7.39. The number of hydrogen-bond donors (Lipinski definition) is 1. The summed E-state index contributed by atoms with van der Waals surface area (Å²) in [5, 5.41) is 11.6. The van der Waals surface area contributed by atoms with Crippen LogP contribution in [0.3, 0.4) is 0 Å². The summed E-state index contributed by atoms with van der Waals surface area (Å²) < 4.78 is 1.95. The van der Waals surface area contributed by atoms with E-state index in [0.29, 0.717) is 17.7 Å². The van der Waals surface area contributed by atoms with Crippen LogP contribution in [0, 0.1) is 10.1 Å². The van der Waals surface area contributed by atoms with E-state index in [1.807, 2.05) is 10.8 Å². The van der Waals surface area contributed by atoms with Crippen LogP contribution in [0.15, 0.2) is 42.0 Å². The standard InChI is InChI=1S/C15H16N6O3/c1-19(4-2-5-20-6-3-16-10-20)13-8-12-11(7-14(13)21(23)24)15(22)18-9-17-12/h3,6-10H,2,4-5H2,1H3,(H,17,18,22). The van der Waals surface area contributed by atoms with Gasteiger partial charge >= 0.3 is 0 Å². The third kappa shape index (κ3) is 3.09. The van der Waals surface area contributed by atoms with E-state index in [1.54, 1.807) is 30.5 Å². The van der Waals surface area contributed by atoms with Crippen molar-refractivity contribution in [3.63, 3.8) is 0 Å². The van der Waals surface area contributed by atoms with Crippen LogP contribution < -0.4 is 10.5 Å². The fourth-order valence-electron chi connectivity index (χ4n) is 2.57. The molecule has 9 heteroatoms. The van der Waals surface area contributed by atoms with Crippen LogP contribution in [0.25, 0.3) is 10.9 Å². The number of aromatic nitrogens is 4. The summed E-state index contributed by atoms with van der Waals surface area (Å²) in [7, 11) is 1.79. The van der Waals surface area contributed by atoms with Crippen molar-refractivity contribution in [3.05, 3.63) is 57.6 Å². The topological polar surface area (TPSA) is 110 Å². The molecule has 3 aromatic rings. The molecule has 3 rings (SSSR count). The molecule has 124 valence electrons. The molecule has 0 saturated carbocycles. The zero-order valence-corrected chi connectivity index (χ0v) is 13.0. The lowest BCUT2D eigenvalue weighted by molar-refractivity contribution is -0.384. The maximum atomic E-state index is 11.8. The molecule has 0 amide bonds. The third-order valence-corrected chi connectivity index (χ3v) is 3.81. The van der Waals surface area contributed by atoms with E-state index in [0.717, 1.165) is 13.0 Å². The number of nitrogens with zero attached hydrogens (tertiary/aromatic N) is 5. The van der Waals surface area contributed by atoms with E-state index in [-0.39, 0.29) is 11.1 Å². The average Bonchev–Trinajstić information content (AvgIpc) is 3.07. The molecule has 0 saturated heterocycles. The molecule has 1 N–H and O–H groups in total. The van der Waals surface area contributed by atoms with Gasteiger partial charge in [0.2, 0.25) is 0 Å². The average molecular weight is 328 g/mol. The first-order chi connectivity index (χ1) is 11.6. The molecule has 2 heterocycles. The smallest absolute Gasteiger partial charge is 0.293 e. The van der Waals surface area contributed by atoms with Crippen LogP contribution in [0.2, 0.25) is 0 Å². The fourth-order valence-corrected chi connectivity index (χ4v) is 2.57. The molecular weight excluding hydrogens is 312 g/mol. The number of hydrogen-bond acceptors (Lipinski definition) is 6. The molecule has 0 aliphatic rings. The van der Waals surface area contributed by atoms with E-state index in [1.165, 1.54) is 12.4 Å². The van der Waals surface area contributed by atoms with E-state index in [9.17, 15) is 14.9 Å². The maximum absolute atomic E-state index is 11.8. The Labute approximate surface area is 136 Å². The normalized spacial score (nSPS) is 10.9. The van der Waals surface area contributed by atoms with Gasteiger partial charge in [0.25, 0.3) is 11.2 Å². The van der Waals surface area contributed by atoms with Crippen molar-refractivity contribution < 1.29 is 4.92 Å². The lowest BCUT2D eigenvalue weighted by Gasteiger charge is -2.19. The monoisotopic (exact) mass is 328 g/mol. The Balaban J connectivity index is 1.87. The molecule has 0 aliphatic carbocycles. The van der Waals surface area contributed by atoms with Crippen LogP contribution in [0.1, 0.15) is 6.42 Å². The van der Waals surface area contributed by atoms with Gasteiger partial charge in [0.15, 0.2) is 0 Å². The lowest BCUT2D eigenvalue weighted by Crippen LogP contribution is -2.21. The molecule has 0 unspecified atom stereocenters. The predicted molar refractivity (Wildman–Crippen MR) is 89.1 cm³/mol. The van der Waals surface area contributed by atoms with Crippen LogP contribution >= 0.6 is 0 Å². The van der Waals surface area contributed by atoms with Crippen molar-refractivity contribution in [3.8, 4) is 0 Å². The molecule has 0 aliphatic heterocycles. The van der Waals surface area contributed by atoms with Crippen molar-refractivity contribution in [2.45, 2.75) is 13.0 Å². The number of nitrogens with one attached hydrogen (secondary N) is 1. The summed E-state index contributed by atoms with van der Waals surface area (Å²) >= 11 is 0. The van der Waals surface area contributed by atoms with Gasteiger partial charge in [0.05, 0.1) is 28.5 Å². The summed E-state index contributed by atoms with van der Waals surface area (Å²) in [4.78, 5) is 35.0. The maximum Gasteiger partial charge on any atom is 0.293 e. The number of rotatable bonds is 6. The summed E-state index contributed by atoms with van der Waals surface area (Å²) in [5.74, 6) is 0. The fraction of sp³-hybridized carbons (Fsp3) is 0.267. The molecule has 1 aromatic carbocycles. The van der Waals surface area contributed by atoms with Crippen molar-refractivity contribution in [2.75, 3.05) is 18.5 Å². The van der Waals surface area contributed by atoms with Crippen molar-refractivity contribution in [1.82, 2.24) is 19.5 Å². The molecule has 0 radical (unpaired) electrons. The Morgan fingerprint density at radius 3 is 2.96 bits per heavy atom. The first kappa shape index (κ1) is 15.7. The van der Waals surface area contributed by atoms with Gasteiger partial charge in [0.1, 0.15) is 5.69 Å². The zero-order chi connectivity index (χ0) is 17.1. The van der Waals surface area contributed by atoms with Gasteiger partial charge in [-0.1, -0.05) is 0 Å². The van der Waals surface area contributed by atoms with Gasteiger partial charge in [0, 0.05) is 38.6 Å². The molecule has 24 heavy (non-hydrogen) atoms. The van der Waals surface area contributed by atoms with Gasteiger partial charge in [-0.25, -0.2) is 9.97 Å². The summed E-state index contributed by atoms with van der Waals surface area (Å²) in [6.45, 7) is 1.39. The summed E-state index contributed by atoms with van der Waals surface area (Å²) in [6, 6.07) is 2.86. The van der Waals surface area contributed by atoms with Crippen molar-refractivity contribution in [2.24, 2.45) is 0 Å². The minimum Gasteiger partial charge on any atom is -0.369 e. The largest absolute Gasteiger partial charge is 0.369 e. The van der Waals surface area contributed by atoms with E-state index < -0.39 is 10.5 Å². The number of H-pyrrole nitrogens is 1. The molecular formula is C15H16N6O3. The second kappa shape index (κ2) is 6.49. The van der Waals surface area contributed by atoms with Gasteiger partial charge < -0.3 is 14.5 Å². The molecule has 9 nitrogen and oxygen atoms in total. The lowest BCUT2D eigenvalue weighted by atomic mass is 10.1. The molecule has 0 fully saturated rings. The quantitative estimate of drug-likeness (QED) is 0.543. The zero-order valence-electron chi connectivity index (χ0n) is 13.0. The summed E-state index contributed by atoms with van der Waals surface area (Å²) in [5.41, 5.74) is 0.376. The van der Waals surface area contributed by atoms with E-state index in [2.05, 4.69) is 15.0 Å². The Morgan fingerprint density at radius 1 is 1.42 bits per heavy atom. The van der Waals surface area contributed by atoms with Crippen LogP contribution in [0.4, 0.5) is 11.4 Å². The molecule has 0 spiro atoms. The second-order valence-corrected chi connectivity index (χ2v) is 5.42.